The lowest BCUT2D eigenvalue weighted by atomic mass is 9.99. The minimum Gasteiger partial charge on any atom is -0.480 e. The molecule has 2 atom stereocenters. The van der Waals surface area contributed by atoms with Gasteiger partial charge in [0.25, 0.3) is 0 Å². The molecule has 1 heterocycles. The summed E-state index contributed by atoms with van der Waals surface area (Å²) >= 11 is 0. The van der Waals surface area contributed by atoms with Gasteiger partial charge in [-0.05, 0) is 5.92 Å². The number of nitrogens with zero attached hydrogens (tertiary/aromatic N) is 2. The fourth-order valence-corrected chi connectivity index (χ4v) is 1.45. The van der Waals surface area contributed by atoms with Gasteiger partial charge in [-0.15, -0.1) is 0 Å². The standard InChI is InChI=1S/C11H18N4O2/c1-3-7(2)9(10(16)17)13-4-8-5-14-11(12)15-6-8/h5-7,9,13H,3-4H2,1-2H3,(H,16,17)(H2,12,14,15)/t7-,9-/m0/s1. The highest BCUT2D eigenvalue weighted by Crippen LogP contribution is 2.09. The van der Waals surface area contributed by atoms with Gasteiger partial charge in [-0.2, -0.15) is 0 Å². The lowest BCUT2D eigenvalue weighted by Crippen LogP contribution is -2.41. The van der Waals surface area contributed by atoms with Gasteiger partial charge < -0.3 is 10.8 Å². The number of nitrogens with two attached hydrogens (primary N) is 1. The van der Waals surface area contributed by atoms with E-state index >= 15 is 0 Å². The van der Waals surface area contributed by atoms with E-state index in [0.29, 0.717) is 6.54 Å². The molecule has 6 heteroatoms. The van der Waals surface area contributed by atoms with Gasteiger partial charge in [-0.3, -0.25) is 10.1 Å². The summed E-state index contributed by atoms with van der Waals surface area (Å²) in [7, 11) is 0. The number of aromatic nitrogens is 2. The number of anilines is 1. The van der Waals surface area contributed by atoms with E-state index in [1.807, 2.05) is 13.8 Å². The maximum atomic E-state index is 11.1. The van der Waals surface area contributed by atoms with Gasteiger partial charge in [0.05, 0.1) is 0 Å². The van der Waals surface area contributed by atoms with Crippen molar-refractivity contribution >= 4 is 11.9 Å². The molecule has 4 N–H and O–H groups in total. The minimum absolute atomic E-state index is 0.0715. The second kappa shape index (κ2) is 6.15. The minimum atomic E-state index is -0.837. The molecule has 0 aromatic carbocycles. The van der Waals surface area contributed by atoms with E-state index in [2.05, 4.69) is 15.3 Å². The van der Waals surface area contributed by atoms with Crippen LogP contribution in [0, 0.1) is 5.92 Å². The van der Waals surface area contributed by atoms with Gasteiger partial charge >= 0.3 is 5.97 Å². The van der Waals surface area contributed by atoms with Crippen molar-refractivity contribution < 1.29 is 9.90 Å². The SMILES string of the molecule is CC[C@H](C)[C@H](NCc1cnc(N)nc1)C(=O)O. The average molecular weight is 238 g/mol. The number of aliphatic carboxylic acids is 1. The Labute approximate surface area is 100 Å². The van der Waals surface area contributed by atoms with Crippen molar-refractivity contribution in [2.45, 2.75) is 32.9 Å². The van der Waals surface area contributed by atoms with E-state index in [0.717, 1.165) is 12.0 Å². The quantitative estimate of drug-likeness (QED) is 0.672. The van der Waals surface area contributed by atoms with E-state index in [9.17, 15) is 4.79 Å². The maximum Gasteiger partial charge on any atom is 0.320 e. The number of hydrogen-bond donors (Lipinski definition) is 3. The molecule has 0 spiro atoms. The molecular weight excluding hydrogens is 220 g/mol. The molecule has 17 heavy (non-hydrogen) atoms. The highest BCUT2D eigenvalue weighted by Gasteiger charge is 2.22. The summed E-state index contributed by atoms with van der Waals surface area (Å²) in [5.74, 6) is -0.552. The van der Waals surface area contributed by atoms with Gasteiger partial charge in [-0.1, -0.05) is 20.3 Å². The van der Waals surface area contributed by atoms with Crippen molar-refractivity contribution in [2.75, 3.05) is 5.73 Å². The first-order chi connectivity index (χ1) is 8.04. The van der Waals surface area contributed by atoms with Crippen molar-refractivity contribution in [2.24, 2.45) is 5.92 Å². The molecule has 0 aliphatic carbocycles. The summed E-state index contributed by atoms with van der Waals surface area (Å²) < 4.78 is 0. The highest BCUT2D eigenvalue weighted by molar-refractivity contribution is 5.73. The third kappa shape index (κ3) is 3.99. The van der Waals surface area contributed by atoms with Crippen LogP contribution in [0.5, 0.6) is 0 Å². The van der Waals surface area contributed by atoms with E-state index in [1.165, 1.54) is 0 Å². The summed E-state index contributed by atoms with van der Waals surface area (Å²) in [5.41, 5.74) is 6.18. The Morgan fingerprint density at radius 2 is 2.12 bits per heavy atom. The van der Waals surface area contributed by atoms with Crippen molar-refractivity contribution in [3.63, 3.8) is 0 Å². The Balaban J connectivity index is 2.57. The third-order valence-electron chi connectivity index (χ3n) is 2.73. The fraction of sp³-hybridized carbons (Fsp3) is 0.545. The molecule has 6 nitrogen and oxygen atoms in total. The number of hydrogen-bond acceptors (Lipinski definition) is 5. The number of nitrogen functional groups attached to an aromatic ring is 1. The molecule has 0 aliphatic heterocycles. The Morgan fingerprint density at radius 3 is 2.59 bits per heavy atom. The molecule has 0 aliphatic rings. The Bertz CT molecular complexity index is 366. The van der Waals surface area contributed by atoms with E-state index in [-0.39, 0.29) is 11.9 Å². The Morgan fingerprint density at radius 1 is 1.53 bits per heavy atom. The van der Waals surface area contributed by atoms with Crippen LogP contribution in [0.3, 0.4) is 0 Å². The number of carbonyl (C=O) groups is 1. The van der Waals surface area contributed by atoms with Crippen LogP contribution in [0.15, 0.2) is 12.4 Å². The number of nitrogens with one attached hydrogen (secondary N) is 1. The van der Waals surface area contributed by atoms with Crippen LogP contribution in [0.4, 0.5) is 5.95 Å². The van der Waals surface area contributed by atoms with Crippen molar-refractivity contribution in [3.8, 4) is 0 Å². The van der Waals surface area contributed by atoms with Crippen LogP contribution < -0.4 is 11.1 Å². The zero-order valence-electron chi connectivity index (χ0n) is 10.1. The highest BCUT2D eigenvalue weighted by atomic mass is 16.4. The van der Waals surface area contributed by atoms with Crippen LogP contribution in [0.25, 0.3) is 0 Å². The monoisotopic (exact) mass is 238 g/mol. The summed E-state index contributed by atoms with van der Waals surface area (Å²) in [6.07, 6.45) is 3.98. The predicted molar refractivity (Wildman–Crippen MR) is 64.2 cm³/mol. The molecule has 0 unspecified atom stereocenters. The lowest BCUT2D eigenvalue weighted by molar-refractivity contribution is -0.140. The first-order valence-electron chi connectivity index (χ1n) is 5.57. The first kappa shape index (κ1) is 13.4. The third-order valence-corrected chi connectivity index (χ3v) is 2.73. The molecule has 94 valence electrons. The molecule has 0 saturated carbocycles. The van der Waals surface area contributed by atoms with Gasteiger partial charge in [0, 0.05) is 24.5 Å². The first-order valence-corrected chi connectivity index (χ1v) is 5.57. The average Bonchev–Trinajstić information content (AvgIpc) is 2.31. The van der Waals surface area contributed by atoms with Crippen molar-refractivity contribution in [3.05, 3.63) is 18.0 Å². The van der Waals surface area contributed by atoms with E-state index in [1.54, 1.807) is 12.4 Å². The van der Waals surface area contributed by atoms with E-state index < -0.39 is 12.0 Å². The van der Waals surface area contributed by atoms with Gasteiger partial charge in [-0.25, -0.2) is 9.97 Å². The zero-order chi connectivity index (χ0) is 12.8. The van der Waals surface area contributed by atoms with Crippen molar-refractivity contribution in [1.82, 2.24) is 15.3 Å². The second-order valence-electron chi connectivity index (χ2n) is 4.03. The molecule has 1 aromatic rings. The van der Waals surface area contributed by atoms with Gasteiger partial charge in [0.2, 0.25) is 5.95 Å². The number of rotatable bonds is 6. The van der Waals surface area contributed by atoms with E-state index in [4.69, 9.17) is 10.8 Å². The topological polar surface area (TPSA) is 101 Å². The van der Waals surface area contributed by atoms with Crippen LogP contribution in [-0.2, 0) is 11.3 Å². The largest absolute Gasteiger partial charge is 0.480 e. The molecule has 0 radical (unpaired) electrons. The van der Waals surface area contributed by atoms with Crippen molar-refractivity contribution in [1.29, 1.82) is 0 Å². The molecule has 0 fully saturated rings. The normalized spacial score (nSPS) is 14.2. The zero-order valence-corrected chi connectivity index (χ0v) is 10.1. The number of carboxylic acid groups (broad SMARTS) is 1. The molecule has 1 aromatic heterocycles. The Kier molecular flexibility index (Phi) is 4.84. The van der Waals surface area contributed by atoms with Gasteiger partial charge in [0.1, 0.15) is 6.04 Å². The maximum absolute atomic E-state index is 11.1. The Hall–Kier alpha value is -1.69. The van der Waals surface area contributed by atoms with Crippen LogP contribution >= 0.6 is 0 Å². The predicted octanol–water partition coefficient (Wildman–Crippen LogP) is 0.648. The molecule has 0 bridgehead atoms. The van der Waals surface area contributed by atoms with Gasteiger partial charge in [0.15, 0.2) is 0 Å². The summed E-state index contributed by atoms with van der Waals surface area (Å²) in [4.78, 5) is 18.8. The smallest absolute Gasteiger partial charge is 0.320 e. The second-order valence-corrected chi connectivity index (χ2v) is 4.03. The molecule has 1 rings (SSSR count). The summed E-state index contributed by atoms with van der Waals surface area (Å²) in [6, 6.07) is -0.558. The summed E-state index contributed by atoms with van der Waals surface area (Å²) in [6.45, 7) is 4.29. The lowest BCUT2D eigenvalue weighted by Gasteiger charge is -2.19. The molecule has 0 saturated heterocycles. The number of carboxylic acids is 1. The molecular formula is C11H18N4O2. The van der Waals surface area contributed by atoms with Crippen LogP contribution in [0.2, 0.25) is 0 Å². The van der Waals surface area contributed by atoms with Crippen LogP contribution in [0.1, 0.15) is 25.8 Å². The molecule has 0 amide bonds. The summed E-state index contributed by atoms with van der Waals surface area (Å²) in [5, 5.41) is 12.1. The fourth-order valence-electron chi connectivity index (χ4n) is 1.45. The van der Waals surface area contributed by atoms with Crippen LogP contribution in [-0.4, -0.2) is 27.1 Å².